The van der Waals surface area contributed by atoms with Gasteiger partial charge >= 0.3 is 0 Å². The number of rotatable bonds is 5. The predicted octanol–water partition coefficient (Wildman–Crippen LogP) is 2.58. The minimum absolute atomic E-state index is 0.0240. The lowest BCUT2D eigenvalue weighted by atomic mass is 10.3. The van der Waals surface area contributed by atoms with Crippen LogP contribution in [0.4, 0.5) is 5.69 Å². The minimum Gasteiger partial charge on any atom is -0.339 e. The first-order valence-electron chi connectivity index (χ1n) is 5.00. The quantitative estimate of drug-likeness (QED) is 0.517. The number of aldehydes is 1. The predicted molar refractivity (Wildman–Crippen MR) is 68.2 cm³/mol. The number of aryl methyl sites for hydroxylation is 1. The Morgan fingerprint density at radius 3 is 3.00 bits per heavy atom. The third kappa shape index (κ3) is 2.77. The zero-order valence-corrected chi connectivity index (χ0v) is 11.0. The molecule has 2 aromatic heterocycles. The molecule has 2 aromatic rings. The van der Waals surface area contributed by atoms with Crippen LogP contribution in [-0.2, 0) is 11.2 Å². The first-order chi connectivity index (χ1) is 8.60. The molecule has 0 aromatic carbocycles. The van der Waals surface area contributed by atoms with Gasteiger partial charge < -0.3 is 9.78 Å². The van der Waals surface area contributed by atoms with E-state index in [1.54, 1.807) is 6.20 Å². The molecule has 0 unspecified atom stereocenters. The summed E-state index contributed by atoms with van der Waals surface area (Å²) in [5.41, 5.74) is 0.848. The Morgan fingerprint density at radius 2 is 2.44 bits per heavy atom. The molecule has 18 heavy (non-hydrogen) atoms. The maximum atomic E-state index is 10.9. The van der Waals surface area contributed by atoms with Crippen LogP contribution in [0, 0.1) is 17.0 Å². The number of H-pyrrole nitrogens is 1. The topological polar surface area (TPSA) is 88.9 Å². The number of thiophene rings is 1. The Kier molecular flexibility index (Phi) is 3.78. The van der Waals surface area contributed by atoms with Crippen molar-refractivity contribution >= 4 is 35.1 Å². The average Bonchev–Trinajstić information content (AvgIpc) is 2.87. The van der Waals surface area contributed by atoms with Crippen LogP contribution in [0.2, 0.25) is 0 Å². The van der Waals surface area contributed by atoms with Crippen molar-refractivity contribution in [1.29, 1.82) is 0 Å². The fourth-order valence-corrected chi connectivity index (χ4v) is 3.57. The fourth-order valence-electron chi connectivity index (χ4n) is 1.33. The molecule has 0 aliphatic heterocycles. The molecule has 0 saturated carbocycles. The summed E-state index contributed by atoms with van der Waals surface area (Å²) in [6.07, 6.45) is 2.67. The van der Waals surface area contributed by atoms with E-state index in [0.717, 1.165) is 12.0 Å². The third-order valence-corrected chi connectivity index (χ3v) is 4.32. The van der Waals surface area contributed by atoms with Gasteiger partial charge in [0.15, 0.2) is 5.16 Å². The first-order valence-corrected chi connectivity index (χ1v) is 6.64. The van der Waals surface area contributed by atoms with Gasteiger partial charge in [-0.2, -0.15) is 0 Å². The summed E-state index contributed by atoms with van der Waals surface area (Å²) >= 11 is 2.45. The van der Waals surface area contributed by atoms with Gasteiger partial charge in [-0.05, 0) is 18.7 Å². The average molecular weight is 283 g/mol. The summed E-state index contributed by atoms with van der Waals surface area (Å²) in [4.78, 5) is 28.7. The van der Waals surface area contributed by atoms with Gasteiger partial charge in [-0.25, -0.2) is 4.98 Å². The molecule has 2 rings (SSSR count). The summed E-state index contributed by atoms with van der Waals surface area (Å²) in [7, 11) is 0. The number of carbonyl (C=O) groups excluding carboxylic acids is 1. The van der Waals surface area contributed by atoms with Crippen LogP contribution in [-0.4, -0.2) is 21.2 Å². The van der Waals surface area contributed by atoms with Crippen LogP contribution >= 0.6 is 23.1 Å². The first kappa shape index (κ1) is 12.8. The zero-order chi connectivity index (χ0) is 13.1. The number of carbonyl (C=O) groups is 1. The van der Waals surface area contributed by atoms with Crippen LogP contribution < -0.4 is 0 Å². The van der Waals surface area contributed by atoms with E-state index in [-0.39, 0.29) is 12.1 Å². The van der Waals surface area contributed by atoms with Crippen molar-refractivity contribution in [3.05, 3.63) is 32.9 Å². The van der Waals surface area contributed by atoms with Crippen LogP contribution in [0.1, 0.15) is 10.6 Å². The van der Waals surface area contributed by atoms with E-state index in [9.17, 15) is 14.9 Å². The second-order valence-corrected chi connectivity index (χ2v) is 5.86. The Balaban J connectivity index is 2.30. The van der Waals surface area contributed by atoms with E-state index in [4.69, 9.17) is 0 Å². The lowest BCUT2D eigenvalue weighted by Crippen LogP contribution is -1.86. The molecule has 0 fully saturated rings. The number of imidazole rings is 1. The lowest BCUT2D eigenvalue weighted by Gasteiger charge is -1.93. The third-order valence-electron chi connectivity index (χ3n) is 2.08. The highest BCUT2D eigenvalue weighted by atomic mass is 32.2. The van der Waals surface area contributed by atoms with Crippen LogP contribution in [0.5, 0.6) is 0 Å². The van der Waals surface area contributed by atoms with Crippen molar-refractivity contribution < 1.29 is 9.72 Å². The largest absolute Gasteiger partial charge is 0.339 e. The van der Waals surface area contributed by atoms with Crippen molar-refractivity contribution in [2.24, 2.45) is 0 Å². The van der Waals surface area contributed by atoms with Gasteiger partial charge in [0.2, 0.25) is 0 Å². The molecule has 1 N–H and O–H groups in total. The van der Waals surface area contributed by atoms with Gasteiger partial charge in [-0.15, -0.1) is 11.3 Å². The highest BCUT2D eigenvalue weighted by Crippen LogP contribution is 2.40. The van der Waals surface area contributed by atoms with Gasteiger partial charge in [-0.3, -0.25) is 10.1 Å². The highest BCUT2D eigenvalue weighted by Gasteiger charge is 2.20. The summed E-state index contributed by atoms with van der Waals surface area (Å²) in [6.45, 7) is 1.83. The molecule has 2 heterocycles. The smallest absolute Gasteiger partial charge is 0.294 e. The molecule has 0 amide bonds. The molecular formula is C10H9N3O3S2. The summed E-state index contributed by atoms with van der Waals surface area (Å²) in [5, 5.41) is 11.5. The second-order valence-electron chi connectivity index (χ2n) is 3.46. The van der Waals surface area contributed by atoms with Crippen LogP contribution in [0.25, 0.3) is 0 Å². The Hall–Kier alpha value is -1.67. The maximum Gasteiger partial charge on any atom is 0.294 e. The van der Waals surface area contributed by atoms with E-state index in [2.05, 4.69) is 9.97 Å². The van der Waals surface area contributed by atoms with Crippen molar-refractivity contribution in [3.63, 3.8) is 0 Å². The molecule has 0 saturated heterocycles. The number of hydrogen-bond donors (Lipinski definition) is 1. The molecule has 0 atom stereocenters. The van der Waals surface area contributed by atoms with E-state index in [1.807, 2.05) is 6.92 Å². The molecule has 0 aliphatic carbocycles. The number of hydrogen-bond acceptors (Lipinski definition) is 6. The summed E-state index contributed by atoms with van der Waals surface area (Å²) in [5.74, 6) is 0. The molecule has 0 radical (unpaired) electrons. The molecule has 0 spiro atoms. The monoisotopic (exact) mass is 283 g/mol. The van der Waals surface area contributed by atoms with E-state index in [1.165, 1.54) is 29.2 Å². The van der Waals surface area contributed by atoms with Crippen molar-refractivity contribution in [2.75, 3.05) is 0 Å². The number of nitro groups is 1. The summed E-state index contributed by atoms with van der Waals surface area (Å²) < 4.78 is 0.534. The molecule has 94 valence electrons. The van der Waals surface area contributed by atoms with Crippen molar-refractivity contribution in [3.8, 4) is 0 Å². The molecule has 0 aliphatic rings. The minimum atomic E-state index is -0.442. The van der Waals surface area contributed by atoms with Gasteiger partial charge in [0.05, 0.1) is 10.6 Å². The number of nitrogens with zero attached hydrogens (tertiary/aromatic N) is 2. The van der Waals surface area contributed by atoms with Crippen molar-refractivity contribution in [2.45, 2.75) is 22.7 Å². The molecule has 8 heteroatoms. The lowest BCUT2D eigenvalue weighted by molar-refractivity contribution is -0.387. The number of nitrogens with one attached hydrogen (secondary N) is 1. The SMILES string of the molecule is Cc1c[nH]c(Sc2sc(CC=O)cc2[N+](=O)[O-])n1. The van der Waals surface area contributed by atoms with Gasteiger partial charge in [0.1, 0.15) is 10.5 Å². The van der Waals surface area contributed by atoms with Crippen LogP contribution in [0.3, 0.4) is 0 Å². The Labute approximate surface area is 111 Å². The van der Waals surface area contributed by atoms with E-state index < -0.39 is 4.92 Å². The standard InChI is InChI=1S/C10H9N3O3S2/c1-6-5-11-10(12-6)18-9-8(13(15)16)4-7(17-9)2-3-14/h3-5H,2H2,1H3,(H,11,12). The molecular weight excluding hydrogens is 274 g/mol. The Bertz CT molecular complexity index is 591. The maximum absolute atomic E-state index is 10.9. The number of aromatic amines is 1. The normalized spacial score (nSPS) is 10.5. The highest BCUT2D eigenvalue weighted by molar-refractivity contribution is 8.01. The van der Waals surface area contributed by atoms with E-state index in [0.29, 0.717) is 14.2 Å². The molecule has 0 bridgehead atoms. The molecule has 6 nitrogen and oxygen atoms in total. The van der Waals surface area contributed by atoms with Crippen LogP contribution in [0.15, 0.2) is 21.6 Å². The van der Waals surface area contributed by atoms with Gasteiger partial charge in [0.25, 0.3) is 5.69 Å². The zero-order valence-electron chi connectivity index (χ0n) is 9.37. The fraction of sp³-hybridized carbons (Fsp3) is 0.200. The van der Waals surface area contributed by atoms with Crippen molar-refractivity contribution in [1.82, 2.24) is 9.97 Å². The Morgan fingerprint density at radius 1 is 1.67 bits per heavy atom. The van der Waals surface area contributed by atoms with E-state index >= 15 is 0 Å². The van der Waals surface area contributed by atoms with Gasteiger partial charge in [0, 0.05) is 23.6 Å². The summed E-state index contributed by atoms with van der Waals surface area (Å²) in [6, 6.07) is 1.44. The number of aromatic nitrogens is 2. The second kappa shape index (κ2) is 5.32. The van der Waals surface area contributed by atoms with Gasteiger partial charge in [-0.1, -0.05) is 0 Å².